The van der Waals surface area contributed by atoms with Crippen LogP contribution in [0.3, 0.4) is 0 Å². The molecule has 1 amide bonds. The molecule has 0 aliphatic rings. The molecule has 178 valence electrons. The van der Waals surface area contributed by atoms with Crippen LogP contribution in [0.15, 0.2) is 82.7 Å². The van der Waals surface area contributed by atoms with E-state index in [-0.39, 0.29) is 23.7 Å². The average Bonchev–Trinajstić information content (AvgIpc) is 2.86. The maximum absolute atomic E-state index is 13.3. The van der Waals surface area contributed by atoms with Crippen LogP contribution in [0.4, 0.5) is 11.4 Å². The number of rotatable bonds is 8. The first-order valence-corrected chi connectivity index (χ1v) is 11.6. The third-order valence-electron chi connectivity index (χ3n) is 5.30. The minimum atomic E-state index is -0.635. The van der Waals surface area contributed by atoms with E-state index in [0.29, 0.717) is 27.5 Å². The van der Waals surface area contributed by atoms with Crippen molar-refractivity contribution in [3.05, 3.63) is 98.8 Å². The number of nitrogens with one attached hydrogen (secondary N) is 1. The van der Waals surface area contributed by atoms with Crippen molar-refractivity contribution in [3.63, 3.8) is 0 Å². The Morgan fingerprint density at radius 3 is 2.60 bits per heavy atom. The molecule has 0 bridgehead atoms. The Kier molecular flexibility index (Phi) is 7.11. The number of carbonyl (C=O) groups is 1. The summed E-state index contributed by atoms with van der Waals surface area (Å²) in [6.45, 7) is 1.96. The molecule has 1 unspecified atom stereocenters. The minimum absolute atomic E-state index is 0.118. The number of hydrogen-bond acceptors (Lipinski definition) is 7. The summed E-state index contributed by atoms with van der Waals surface area (Å²) >= 11 is 1.15. The number of nitro benzene ring substituents is 1. The molecule has 0 fully saturated rings. The van der Waals surface area contributed by atoms with Gasteiger partial charge >= 0.3 is 0 Å². The number of amides is 1. The van der Waals surface area contributed by atoms with E-state index in [4.69, 9.17) is 4.74 Å². The fraction of sp³-hybridized carbons (Fsp3) is 0.160. The molecule has 3 aromatic carbocycles. The molecule has 0 aliphatic carbocycles. The Balaban J connectivity index is 1.63. The number of benzene rings is 3. The number of nitrogens with zero attached hydrogens (tertiary/aromatic N) is 3. The maximum Gasteiger partial charge on any atom is 0.271 e. The first-order valence-electron chi connectivity index (χ1n) is 10.7. The number of thioether (sulfide) groups is 1. The van der Waals surface area contributed by atoms with Gasteiger partial charge in [-0.2, -0.15) is 0 Å². The normalized spacial score (nSPS) is 11.7. The van der Waals surface area contributed by atoms with Crippen molar-refractivity contribution < 1.29 is 14.5 Å². The van der Waals surface area contributed by atoms with Crippen LogP contribution >= 0.6 is 11.8 Å². The number of anilines is 1. The van der Waals surface area contributed by atoms with Crippen molar-refractivity contribution in [1.29, 1.82) is 0 Å². The van der Waals surface area contributed by atoms with Crippen LogP contribution in [0, 0.1) is 10.1 Å². The molecule has 0 saturated carbocycles. The summed E-state index contributed by atoms with van der Waals surface area (Å²) in [5, 5.41) is 14.0. The number of carbonyl (C=O) groups excluding carboxylic acids is 1. The van der Waals surface area contributed by atoms with Crippen LogP contribution in [0.1, 0.15) is 12.5 Å². The van der Waals surface area contributed by atoms with Crippen LogP contribution in [0.2, 0.25) is 0 Å². The van der Waals surface area contributed by atoms with Crippen LogP contribution in [0.25, 0.3) is 10.9 Å². The summed E-state index contributed by atoms with van der Waals surface area (Å²) in [6, 6.07) is 20.2. The number of hydrogen-bond donors (Lipinski definition) is 1. The van der Waals surface area contributed by atoms with Crippen LogP contribution in [-0.2, 0) is 11.3 Å². The summed E-state index contributed by atoms with van der Waals surface area (Å²) in [6.07, 6.45) is 0. The van der Waals surface area contributed by atoms with E-state index < -0.39 is 10.2 Å². The molecule has 1 atom stereocenters. The molecule has 35 heavy (non-hydrogen) atoms. The lowest BCUT2D eigenvalue weighted by Crippen LogP contribution is -2.27. The Morgan fingerprint density at radius 2 is 1.89 bits per heavy atom. The third kappa shape index (κ3) is 5.49. The zero-order valence-corrected chi connectivity index (χ0v) is 19.8. The first kappa shape index (κ1) is 24.0. The number of nitro groups is 1. The van der Waals surface area contributed by atoms with Crippen molar-refractivity contribution in [2.75, 3.05) is 12.4 Å². The van der Waals surface area contributed by atoms with Gasteiger partial charge in [-0.15, -0.1) is 0 Å². The standard InChI is InChI=1S/C25H22N4O5S/c1-16(23(30)26-18-6-5-7-19(14-18)29(32)33)35-25-27-22-9-4-3-8-21(22)24(31)28(25)15-17-10-12-20(34-2)13-11-17/h3-14,16H,15H2,1-2H3,(H,26,30). The molecule has 0 saturated heterocycles. The smallest absolute Gasteiger partial charge is 0.271 e. The van der Waals surface area contributed by atoms with Crippen molar-refractivity contribution in [2.24, 2.45) is 0 Å². The fourth-order valence-electron chi connectivity index (χ4n) is 3.44. The van der Waals surface area contributed by atoms with E-state index in [9.17, 15) is 19.7 Å². The number of methoxy groups -OCH3 is 1. The SMILES string of the molecule is COc1ccc(Cn2c(SC(C)C(=O)Nc3cccc([N+](=O)[O-])c3)nc3ccccc3c2=O)cc1. The number of aromatic nitrogens is 2. The van der Waals surface area contributed by atoms with Crippen molar-refractivity contribution in [1.82, 2.24) is 9.55 Å². The predicted octanol–water partition coefficient (Wildman–Crippen LogP) is 4.48. The maximum atomic E-state index is 13.3. The Morgan fingerprint density at radius 1 is 1.14 bits per heavy atom. The zero-order valence-electron chi connectivity index (χ0n) is 19.0. The number of non-ortho nitro benzene ring substituents is 1. The summed E-state index contributed by atoms with van der Waals surface area (Å²) < 4.78 is 6.75. The van der Waals surface area contributed by atoms with E-state index >= 15 is 0 Å². The van der Waals surface area contributed by atoms with E-state index in [2.05, 4.69) is 10.3 Å². The second kappa shape index (κ2) is 10.4. The van der Waals surface area contributed by atoms with Crippen molar-refractivity contribution in [2.45, 2.75) is 23.9 Å². The molecule has 0 radical (unpaired) electrons. The zero-order chi connectivity index (χ0) is 24.9. The van der Waals surface area contributed by atoms with Crippen LogP contribution in [0.5, 0.6) is 5.75 Å². The Bertz CT molecular complexity index is 1450. The van der Waals surface area contributed by atoms with Crippen molar-refractivity contribution >= 4 is 39.9 Å². The Labute approximate surface area is 204 Å². The summed E-state index contributed by atoms with van der Waals surface area (Å²) in [7, 11) is 1.58. The highest BCUT2D eigenvalue weighted by atomic mass is 32.2. The van der Waals surface area contributed by atoms with Gasteiger partial charge in [0.15, 0.2) is 5.16 Å². The van der Waals surface area contributed by atoms with E-state index in [1.54, 1.807) is 48.9 Å². The second-order valence-electron chi connectivity index (χ2n) is 7.71. The van der Waals surface area contributed by atoms with Gasteiger partial charge in [0.1, 0.15) is 5.75 Å². The number of ether oxygens (including phenoxy) is 1. The lowest BCUT2D eigenvalue weighted by Gasteiger charge is -2.16. The second-order valence-corrected chi connectivity index (χ2v) is 9.02. The third-order valence-corrected chi connectivity index (χ3v) is 6.39. The summed E-state index contributed by atoms with van der Waals surface area (Å²) in [5.41, 5.74) is 1.41. The highest BCUT2D eigenvalue weighted by molar-refractivity contribution is 8.00. The first-order chi connectivity index (χ1) is 16.9. The molecule has 1 aromatic heterocycles. The van der Waals surface area contributed by atoms with Gasteiger partial charge in [-0.25, -0.2) is 4.98 Å². The summed E-state index contributed by atoms with van der Waals surface area (Å²) in [5.74, 6) is 0.340. The molecule has 4 aromatic rings. The Hall–Kier alpha value is -4.18. The number of para-hydroxylation sites is 1. The monoisotopic (exact) mass is 490 g/mol. The minimum Gasteiger partial charge on any atom is -0.497 e. The van der Waals surface area contributed by atoms with Crippen LogP contribution < -0.4 is 15.6 Å². The molecular formula is C25H22N4O5S. The average molecular weight is 491 g/mol. The van der Waals surface area contributed by atoms with Gasteiger partial charge in [-0.1, -0.05) is 42.1 Å². The van der Waals surface area contributed by atoms with E-state index in [0.717, 1.165) is 17.3 Å². The predicted molar refractivity (Wildman–Crippen MR) is 135 cm³/mol. The quantitative estimate of drug-likeness (QED) is 0.167. The molecule has 10 heteroatoms. The number of fused-ring (bicyclic) bond motifs is 1. The van der Waals surface area contributed by atoms with Gasteiger partial charge in [0, 0.05) is 17.8 Å². The summed E-state index contributed by atoms with van der Waals surface area (Å²) in [4.78, 5) is 41.4. The molecule has 0 aliphatic heterocycles. The lowest BCUT2D eigenvalue weighted by molar-refractivity contribution is -0.384. The topological polar surface area (TPSA) is 116 Å². The lowest BCUT2D eigenvalue weighted by atomic mass is 10.2. The highest BCUT2D eigenvalue weighted by Crippen LogP contribution is 2.25. The van der Waals surface area contributed by atoms with Gasteiger partial charge in [0.25, 0.3) is 11.2 Å². The van der Waals surface area contributed by atoms with Gasteiger partial charge < -0.3 is 10.1 Å². The van der Waals surface area contributed by atoms with Crippen molar-refractivity contribution in [3.8, 4) is 5.75 Å². The van der Waals surface area contributed by atoms with Gasteiger partial charge in [-0.3, -0.25) is 24.3 Å². The molecule has 9 nitrogen and oxygen atoms in total. The molecular weight excluding hydrogens is 468 g/mol. The highest BCUT2D eigenvalue weighted by Gasteiger charge is 2.20. The van der Waals surface area contributed by atoms with E-state index in [1.807, 2.05) is 24.3 Å². The fourth-order valence-corrected chi connectivity index (χ4v) is 4.35. The molecule has 1 heterocycles. The molecule has 0 spiro atoms. The van der Waals surface area contributed by atoms with E-state index in [1.165, 1.54) is 18.2 Å². The van der Waals surface area contributed by atoms with Gasteiger partial charge in [0.05, 0.1) is 34.7 Å². The molecule has 1 N–H and O–H groups in total. The van der Waals surface area contributed by atoms with Gasteiger partial charge in [0.2, 0.25) is 5.91 Å². The van der Waals surface area contributed by atoms with Gasteiger partial charge in [-0.05, 0) is 42.8 Å². The van der Waals surface area contributed by atoms with Crippen LogP contribution in [-0.4, -0.2) is 32.7 Å². The molecule has 4 rings (SSSR count). The largest absolute Gasteiger partial charge is 0.497 e.